The summed E-state index contributed by atoms with van der Waals surface area (Å²) in [5, 5.41) is 2.32. The van der Waals surface area contributed by atoms with Crippen molar-refractivity contribution in [1.82, 2.24) is 9.97 Å². The third kappa shape index (κ3) is 4.70. The number of halogens is 1. The van der Waals surface area contributed by atoms with E-state index in [1.54, 1.807) is 17.5 Å². The number of aromatic nitrogens is 2. The average Bonchev–Trinajstić information content (AvgIpc) is 3.09. The lowest BCUT2D eigenvalue weighted by atomic mass is 10.2. The van der Waals surface area contributed by atoms with Gasteiger partial charge in [0, 0.05) is 22.3 Å². The topological polar surface area (TPSA) is 52.1 Å². The van der Waals surface area contributed by atoms with Crippen molar-refractivity contribution in [3.05, 3.63) is 70.7 Å². The molecule has 0 atom stereocenters. The maximum atomic E-state index is 13.0. The Kier molecular flexibility index (Phi) is 5.50. The molecule has 0 spiro atoms. The molecule has 2 aromatic heterocycles. The van der Waals surface area contributed by atoms with Gasteiger partial charge >= 0.3 is 5.97 Å². The molecule has 0 fully saturated rings. The molecule has 0 aliphatic heterocycles. The number of carbonyl (C=O) groups excluding carboxylic acids is 1. The number of carbonyl (C=O) groups is 1. The van der Waals surface area contributed by atoms with Gasteiger partial charge in [0.05, 0.1) is 6.61 Å². The number of pyridine rings is 1. The van der Waals surface area contributed by atoms with E-state index in [0.717, 1.165) is 23.4 Å². The lowest BCUT2D eigenvalue weighted by molar-refractivity contribution is 0.0494. The zero-order valence-corrected chi connectivity index (χ0v) is 14.6. The van der Waals surface area contributed by atoms with Crippen molar-refractivity contribution < 1.29 is 13.9 Å². The van der Waals surface area contributed by atoms with Crippen molar-refractivity contribution >= 4 is 17.3 Å². The summed E-state index contributed by atoms with van der Waals surface area (Å²) in [6.45, 7) is 2.27. The number of thiazole rings is 1. The smallest absolute Gasteiger partial charge is 0.357 e. The van der Waals surface area contributed by atoms with Gasteiger partial charge in [-0.1, -0.05) is 6.07 Å². The van der Waals surface area contributed by atoms with Gasteiger partial charge in [-0.2, -0.15) is 0 Å². The molecule has 2 heterocycles. The van der Waals surface area contributed by atoms with E-state index in [2.05, 4.69) is 9.97 Å². The van der Waals surface area contributed by atoms with Gasteiger partial charge in [-0.3, -0.25) is 4.98 Å². The first kappa shape index (κ1) is 17.2. The molecule has 0 saturated heterocycles. The SMILES string of the molecule is Cc1cccc(CCCOC(=O)c2csc(-c3ccc(F)cc3)n2)n1. The van der Waals surface area contributed by atoms with Crippen LogP contribution in [0.25, 0.3) is 10.6 Å². The molecule has 128 valence electrons. The average molecular weight is 356 g/mol. The van der Waals surface area contributed by atoms with E-state index in [9.17, 15) is 9.18 Å². The third-order valence-electron chi connectivity index (χ3n) is 3.56. The molecular weight excluding hydrogens is 339 g/mol. The van der Waals surface area contributed by atoms with E-state index in [4.69, 9.17) is 4.74 Å². The Bertz CT molecular complexity index is 862. The van der Waals surface area contributed by atoms with Crippen LogP contribution in [0.3, 0.4) is 0 Å². The maximum Gasteiger partial charge on any atom is 0.357 e. The summed E-state index contributed by atoms with van der Waals surface area (Å²) in [4.78, 5) is 20.7. The zero-order valence-electron chi connectivity index (χ0n) is 13.7. The molecule has 0 N–H and O–H groups in total. The molecule has 0 amide bonds. The monoisotopic (exact) mass is 356 g/mol. The van der Waals surface area contributed by atoms with Gasteiger partial charge in [0.15, 0.2) is 5.69 Å². The number of hydrogen-bond acceptors (Lipinski definition) is 5. The van der Waals surface area contributed by atoms with E-state index in [1.165, 1.54) is 23.5 Å². The van der Waals surface area contributed by atoms with Crippen LogP contribution >= 0.6 is 11.3 Å². The van der Waals surface area contributed by atoms with Gasteiger partial charge in [0.2, 0.25) is 0 Å². The Morgan fingerprint density at radius 3 is 2.72 bits per heavy atom. The van der Waals surface area contributed by atoms with Crippen molar-refractivity contribution in [2.24, 2.45) is 0 Å². The van der Waals surface area contributed by atoms with Gasteiger partial charge in [-0.25, -0.2) is 14.2 Å². The fraction of sp³-hybridized carbons (Fsp3) is 0.211. The minimum absolute atomic E-state index is 0.276. The highest BCUT2D eigenvalue weighted by Gasteiger charge is 2.13. The van der Waals surface area contributed by atoms with Crippen LogP contribution < -0.4 is 0 Å². The summed E-state index contributed by atoms with van der Waals surface area (Å²) in [7, 11) is 0. The first-order valence-electron chi connectivity index (χ1n) is 7.93. The highest BCUT2D eigenvalue weighted by atomic mass is 32.1. The van der Waals surface area contributed by atoms with E-state index in [-0.39, 0.29) is 11.5 Å². The molecule has 0 bridgehead atoms. The van der Waals surface area contributed by atoms with Crippen LogP contribution in [-0.2, 0) is 11.2 Å². The Morgan fingerprint density at radius 2 is 1.96 bits per heavy atom. The predicted octanol–water partition coefficient (Wildman–Crippen LogP) is 4.44. The Balaban J connectivity index is 1.51. The van der Waals surface area contributed by atoms with Crippen molar-refractivity contribution in [2.45, 2.75) is 19.8 Å². The van der Waals surface area contributed by atoms with Crippen LogP contribution in [0.15, 0.2) is 47.8 Å². The van der Waals surface area contributed by atoms with Crippen LogP contribution in [0.5, 0.6) is 0 Å². The molecule has 0 saturated carbocycles. The molecular formula is C19H17FN2O2S. The normalized spacial score (nSPS) is 10.6. The lowest BCUT2D eigenvalue weighted by Gasteiger charge is -2.03. The summed E-state index contributed by atoms with van der Waals surface area (Å²) in [5.74, 6) is -0.746. The Hall–Kier alpha value is -2.60. The van der Waals surface area contributed by atoms with Crippen molar-refractivity contribution in [2.75, 3.05) is 6.61 Å². The minimum Gasteiger partial charge on any atom is -0.461 e. The van der Waals surface area contributed by atoms with Gasteiger partial charge in [0.1, 0.15) is 10.8 Å². The molecule has 25 heavy (non-hydrogen) atoms. The second-order valence-electron chi connectivity index (χ2n) is 5.55. The van der Waals surface area contributed by atoms with Gasteiger partial charge in [-0.15, -0.1) is 11.3 Å². The lowest BCUT2D eigenvalue weighted by Crippen LogP contribution is -2.08. The van der Waals surface area contributed by atoms with Crippen molar-refractivity contribution in [1.29, 1.82) is 0 Å². The second kappa shape index (κ2) is 7.98. The summed E-state index contributed by atoms with van der Waals surface area (Å²) in [6.07, 6.45) is 1.46. The van der Waals surface area contributed by atoms with Gasteiger partial charge in [-0.05, 0) is 56.2 Å². The molecule has 6 heteroatoms. The summed E-state index contributed by atoms with van der Waals surface area (Å²) < 4.78 is 18.2. The van der Waals surface area contributed by atoms with E-state index in [1.807, 2.05) is 25.1 Å². The third-order valence-corrected chi connectivity index (χ3v) is 4.45. The van der Waals surface area contributed by atoms with Crippen molar-refractivity contribution in [3.8, 4) is 10.6 Å². The zero-order chi connectivity index (χ0) is 17.6. The van der Waals surface area contributed by atoms with Crippen LogP contribution in [0.4, 0.5) is 4.39 Å². The van der Waals surface area contributed by atoms with Gasteiger partial charge < -0.3 is 4.74 Å². The standard InChI is InChI=1S/C19H17FN2O2S/c1-13-4-2-5-16(21-13)6-3-11-24-19(23)17-12-25-18(22-17)14-7-9-15(20)10-8-14/h2,4-5,7-10,12H,3,6,11H2,1H3. The molecule has 0 radical (unpaired) electrons. The minimum atomic E-state index is -0.443. The Labute approximate surface area is 149 Å². The first-order valence-corrected chi connectivity index (χ1v) is 8.81. The molecule has 0 aliphatic rings. The highest BCUT2D eigenvalue weighted by Crippen LogP contribution is 2.24. The molecule has 4 nitrogen and oxygen atoms in total. The van der Waals surface area contributed by atoms with E-state index in [0.29, 0.717) is 18.0 Å². The molecule has 3 rings (SSSR count). The number of benzene rings is 1. The second-order valence-corrected chi connectivity index (χ2v) is 6.41. The van der Waals surface area contributed by atoms with Crippen LogP contribution in [0, 0.1) is 12.7 Å². The molecule has 0 aliphatic carbocycles. The Morgan fingerprint density at radius 1 is 1.16 bits per heavy atom. The largest absolute Gasteiger partial charge is 0.461 e. The van der Waals surface area contributed by atoms with Crippen LogP contribution in [0.2, 0.25) is 0 Å². The highest BCUT2D eigenvalue weighted by molar-refractivity contribution is 7.13. The number of aryl methyl sites for hydroxylation is 2. The summed E-state index contributed by atoms with van der Waals surface area (Å²) >= 11 is 1.33. The molecule has 1 aromatic carbocycles. The summed E-state index contributed by atoms with van der Waals surface area (Å²) in [5.41, 5.74) is 3.02. The van der Waals surface area contributed by atoms with Gasteiger partial charge in [0.25, 0.3) is 0 Å². The van der Waals surface area contributed by atoms with Crippen LogP contribution in [-0.4, -0.2) is 22.5 Å². The summed E-state index contributed by atoms with van der Waals surface area (Å²) in [6, 6.07) is 11.9. The quantitative estimate of drug-likeness (QED) is 0.484. The first-order chi connectivity index (χ1) is 12.1. The number of ether oxygens (including phenoxy) is 1. The predicted molar refractivity (Wildman–Crippen MR) is 95.1 cm³/mol. The van der Waals surface area contributed by atoms with E-state index >= 15 is 0 Å². The number of hydrogen-bond donors (Lipinski definition) is 0. The number of nitrogens with zero attached hydrogens (tertiary/aromatic N) is 2. The number of esters is 1. The number of rotatable bonds is 6. The molecule has 0 unspecified atom stereocenters. The van der Waals surface area contributed by atoms with Crippen LogP contribution in [0.1, 0.15) is 28.3 Å². The maximum absolute atomic E-state index is 13.0. The molecule has 3 aromatic rings. The fourth-order valence-corrected chi connectivity index (χ4v) is 3.12. The van der Waals surface area contributed by atoms with Crippen molar-refractivity contribution in [3.63, 3.8) is 0 Å². The fourth-order valence-electron chi connectivity index (χ4n) is 2.32. The van der Waals surface area contributed by atoms with E-state index < -0.39 is 5.97 Å².